The third kappa shape index (κ3) is 4.66. The quantitative estimate of drug-likeness (QED) is 0.542. The fourth-order valence-electron chi connectivity index (χ4n) is 2.79. The molecule has 2 aromatic carbocycles. The van der Waals surface area contributed by atoms with Crippen LogP contribution in [0.4, 0.5) is 5.13 Å². The summed E-state index contributed by atoms with van der Waals surface area (Å²) >= 11 is 1.06. The Morgan fingerprint density at radius 2 is 1.77 bits per heavy atom. The molecule has 1 heterocycles. The number of amides is 1. The summed E-state index contributed by atoms with van der Waals surface area (Å²) in [5.41, 5.74) is 1.36. The first-order valence-corrected chi connectivity index (χ1v) is 11.4. The van der Waals surface area contributed by atoms with Crippen LogP contribution < -0.4 is 10.1 Å². The predicted octanol–water partition coefficient (Wildman–Crippen LogP) is 3.52. The van der Waals surface area contributed by atoms with E-state index in [2.05, 4.69) is 10.3 Å². The maximum Gasteiger partial charge on any atom is 0.257 e. The summed E-state index contributed by atoms with van der Waals surface area (Å²) in [6.45, 7) is 1.44. The monoisotopic (exact) mass is 459 g/mol. The van der Waals surface area contributed by atoms with Gasteiger partial charge in [-0.15, -0.1) is 0 Å². The van der Waals surface area contributed by atoms with Crippen LogP contribution in [-0.4, -0.2) is 50.6 Å². The van der Waals surface area contributed by atoms with Crippen LogP contribution in [0.5, 0.6) is 5.75 Å². The number of hydrogen-bond donors (Lipinski definition) is 1. The third-order valence-corrected chi connectivity index (χ3v) is 7.31. The Morgan fingerprint density at radius 3 is 2.35 bits per heavy atom. The third-order valence-electron chi connectivity index (χ3n) is 4.40. The highest BCUT2D eigenvalue weighted by molar-refractivity contribution is 7.89. The molecule has 1 amide bonds. The van der Waals surface area contributed by atoms with Gasteiger partial charge in [0.2, 0.25) is 10.0 Å². The maximum absolute atomic E-state index is 12.8. The van der Waals surface area contributed by atoms with E-state index in [1.165, 1.54) is 46.3 Å². The minimum Gasteiger partial charge on any atom is -0.495 e. The van der Waals surface area contributed by atoms with Crippen molar-refractivity contribution >= 4 is 38.2 Å². The van der Waals surface area contributed by atoms with Crippen LogP contribution in [0, 0.1) is 0 Å². The molecule has 0 aliphatic rings. The molecule has 0 unspecified atom stereocenters. The van der Waals surface area contributed by atoms with Crippen LogP contribution >= 0.6 is 11.3 Å². The van der Waals surface area contributed by atoms with Gasteiger partial charge in [0.25, 0.3) is 5.91 Å². The number of ketones is 1. The number of hydrogen-bond acceptors (Lipinski definition) is 7. The molecule has 0 saturated heterocycles. The van der Waals surface area contributed by atoms with Crippen molar-refractivity contribution in [3.63, 3.8) is 0 Å². The second-order valence-electron chi connectivity index (χ2n) is 6.73. The van der Waals surface area contributed by atoms with E-state index in [0.29, 0.717) is 10.6 Å². The standard InChI is InChI=1S/C21H21N3O5S2/c1-13(25)19-18(14-8-6-5-7-9-14)22-21(30-19)23-20(26)15-10-11-16(29-4)17(12-15)31(27,28)24(2)3/h5-12H,1-4H3,(H,22,23,26). The molecule has 10 heteroatoms. The molecule has 0 aliphatic carbocycles. The molecular weight excluding hydrogens is 438 g/mol. The number of carbonyl (C=O) groups is 2. The normalized spacial score (nSPS) is 11.4. The highest BCUT2D eigenvalue weighted by Crippen LogP contribution is 2.32. The van der Waals surface area contributed by atoms with Crippen LogP contribution in [0.2, 0.25) is 0 Å². The maximum atomic E-state index is 12.8. The number of aromatic nitrogens is 1. The summed E-state index contributed by atoms with van der Waals surface area (Å²) in [5, 5.41) is 2.89. The summed E-state index contributed by atoms with van der Waals surface area (Å²) in [7, 11) is 0.316. The number of methoxy groups -OCH3 is 1. The molecule has 3 rings (SSSR count). The van der Waals surface area contributed by atoms with Crippen LogP contribution in [0.3, 0.4) is 0 Å². The first kappa shape index (κ1) is 22.6. The van der Waals surface area contributed by atoms with E-state index in [0.717, 1.165) is 21.2 Å². The second-order valence-corrected chi connectivity index (χ2v) is 9.85. The summed E-state index contributed by atoms with van der Waals surface area (Å²) in [4.78, 5) is 29.6. The number of sulfonamides is 1. The highest BCUT2D eigenvalue weighted by atomic mass is 32.2. The molecule has 3 aromatic rings. The minimum atomic E-state index is -3.83. The predicted molar refractivity (Wildman–Crippen MR) is 119 cm³/mol. The van der Waals surface area contributed by atoms with Gasteiger partial charge in [-0.3, -0.25) is 14.9 Å². The van der Waals surface area contributed by atoms with Crippen molar-refractivity contribution in [2.24, 2.45) is 0 Å². The minimum absolute atomic E-state index is 0.113. The SMILES string of the molecule is COc1ccc(C(=O)Nc2nc(-c3ccccc3)c(C(C)=O)s2)cc1S(=O)(=O)N(C)C. The molecule has 0 atom stereocenters. The van der Waals surface area contributed by atoms with Gasteiger partial charge < -0.3 is 4.74 Å². The lowest BCUT2D eigenvalue weighted by Gasteiger charge is -2.15. The van der Waals surface area contributed by atoms with E-state index < -0.39 is 15.9 Å². The first-order valence-electron chi connectivity index (χ1n) is 9.14. The summed E-state index contributed by atoms with van der Waals surface area (Å²) < 4.78 is 31.4. The average Bonchev–Trinajstić information content (AvgIpc) is 3.17. The zero-order chi connectivity index (χ0) is 22.8. The molecule has 31 heavy (non-hydrogen) atoms. The summed E-state index contributed by atoms with van der Waals surface area (Å²) in [6, 6.07) is 13.3. The Hall–Kier alpha value is -3.08. The number of ether oxygens (including phenoxy) is 1. The number of carbonyl (C=O) groups excluding carboxylic acids is 2. The van der Waals surface area contributed by atoms with Gasteiger partial charge in [0.15, 0.2) is 10.9 Å². The molecule has 0 radical (unpaired) electrons. The van der Waals surface area contributed by atoms with Crippen molar-refractivity contribution in [3.8, 4) is 17.0 Å². The lowest BCUT2D eigenvalue weighted by molar-refractivity contribution is 0.101. The Kier molecular flexibility index (Phi) is 6.54. The Morgan fingerprint density at radius 1 is 1.10 bits per heavy atom. The lowest BCUT2D eigenvalue weighted by Crippen LogP contribution is -2.23. The van der Waals surface area contributed by atoms with E-state index in [1.54, 1.807) is 0 Å². The molecule has 0 spiro atoms. The molecule has 1 aromatic heterocycles. The van der Waals surface area contributed by atoms with Crippen LogP contribution in [0.15, 0.2) is 53.4 Å². The van der Waals surface area contributed by atoms with Crippen molar-refractivity contribution in [2.75, 3.05) is 26.5 Å². The van der Waals surface area contributed by atoms with Gasteiger partial charge in [-0.25, -0.2) is 17.7 Å². The van der Waals surface area contributed by atoms with E-state index in [4.69, 9.17) is 4.74 Å². The van der Waals surface area contributed by atoms with Crippen molar-refractivity contribution in [3.05, 3.63) is 59.0 Å². The van der Waals surface area contributed by atoms with Gasteiger partial charge >= 0.3 is 0 Å². The van der Waals surface area contributed by atoms with Gasteiger partial charge in [0.1, 0.15) is 10.6 Å². The lowest BCUT2D eigenvalue weighted by atomic mass is 10.1. The van der Waals surface area contributed by atoms with Gasteiger partial charge in [-0.1, -0.05) is 41.7 Å². The smallest absolute Gasteiger partial charge is 0.257 e. The van der Waals surface area contributed by atoms with Crippen LogP contribution in [-0.2, 0) is 10.0 Å². The van der Waals surface area contributed by atoms with Crippen molar-refractivity contribution in [1.29, 1.82) is 0 Å². The van der Waals surface area contributed by atoms with Crippen LogP contribution in [0.25, 0.3) is 11.3 Å². The van der Waals surface area contributed by atoms with Crippen LogP contribution in [0.1, 0.15) is 27.0 Å². The topological polar surface area (TPSA) is 106 Å². The van der Waals surface area contributed by atoms with E-state index in [-0.39, 0.29) is 27.1 Å². The number of rotatable bonds is 7. The average molecular weight is 460 g/mol. The Bertz CT molecular complexity index is 1240. The van der Waals surface area contributed by atoms with E-state index >= 15 is 0 Å². The number of Topliss-reactive ketones (excluding diaryl/α,β-unsaturated/α-hetero) is 1. The fourth-order valence-corrected chi connectivity index (χ4v) is 4.74. The fraction of sp³-hybridized carbons (Fsp3) is 0.190. The summed E-state index contributed by atoms with van der Waals surface area (Å²) in [5.74, 6) is -0.591. The van der Waals surface area contributed by atoms with E-state index in [1.807, 2.05) is 30.3 Å². The first-order chi connectivity index (χ1) is 14.6. The molecule has 0 saturated carbocycles. The van der Waals surface area contributed by atoms with Crippen molar-refractivity contribution in [1.82, 2.24) is 9.29 Å². The number of thiazole rings is 1. The molecule has 162 valence electrons. The van der Waals surface area contributed by atoms with Gasteiger partial charge in [-0.05, 0) is 18.2 Å². The molecular formula is C21H21N3O5S2. The zero-order valence-electron chi connectivity index (χ0n) is 17.4. The second kappa shape index (κ2) is 8.96. The van der Waals surface area contributed by atoms with Gasteiger partial charge in [0, 0.05) is 32.1 Å². The van der Waals surface area contributed by atoms with Gasteiger partial charge in [-0.2, -0.15) is 0 Å². The number of nitrogens with one attached hydrogen (secondary N) is 1. The molecule has 0 aliphatic heterocycles. The largest absolute Gasteiger partial charge is 0.495 e. The van der Waals surface area contributed by atoms with Crippen molar-refractivity contribution < 1.29 is 22.7 Å². The summed E-state index contributed by atoms with van der Waals surface area (Å²) in [6.07, 6.45) is 0. The highest BCUT2D eigenvalue weighted by Gasteiger charge is 2.24. The van der Waals surface area contributed by atoms with Gasteiger partial charge in [0.05, 0.1) is 17.7 Å². The molecule has 1 N–H and O–H groups in total. The van der Waals surface area contributed by atoms with E-state index in [9.17, 15) is 18.0 Å². The molecule has 0 fully saturated rings. The molecule has 0 bridgehead atoms. The Balaban J connectivity index is 1.96. The number of anilines is 1. The Labute approximate surface area is 184 Å². The van der Waals surface area contributed by atoms with Crippen molar-refractivity contribution in [2.45, 2.75) is 11.8 Å². The number of benzene rings is 2. The molecule has 8 nitrogen and oxygen atoms in total. The zero-order valence-corrected chi connectivity index (χ0v) is 19.0. The number of nitrogens with zero attached hydrogens (tertiary/aromatic N) is 2.